The summed E-state index contributed by atoms with van der Waals surface area (Å²) in [5.41, 5.74) is 9.80. The Kier molecular flexibility index (Phi) is 17.0. The first kappa shape index (κ1) is 40.2. The largest absolute Gasteiger partial charge is 0.493 e. The molecule has 0 amide bonds. The van der Waals surface area contributed by atoms with Crippen molar-refractivity contribution in [3.8, 4) is 28.0 Å². The van der Waals surface area contributed by atoms with Crippen LogP contribution >= 0.6 is 0 Å². The van der Waals surface area contributed by atoms with Gasteiger partial charge in [-0.05, 0) is 122 Å². The fourth-order valence-electron chi connectivity index (χ4n) is 5.73. The zero-order chi connectivity index (χ0) is 36.5. The standard InChI is InChI=1S/C43H56O7/c1-7-9-12-32-15-17-35(18-16-32)36-19-20-40(34(8-2)25-36)39-26-37(13-10-22-49-42(46)30(3)4)41(48-24-21-33(28-44)29-45)38(27-39)14-11-23-50-43(47)31(5)6/h15-20,25-27,33,44-45H,3,5,7-14,21-24,28-29H2,1-2,4,6H3. The molecule has 0 heterocycles. The molecule has 0 unspecified atom stereocenters. The summed E-state index contributed by atoms with van der Waals surface area (Å²) in [5.74, 6) is -0.369. The fraction of sp³-hybridized carbons (Fsp3) is 0.442. The summed E-state index contributed by atoms with van der Waals surface area (Å²) in [5, 5.41) is 19.2. The zero-order valence-corrected chi connectivity index (χ0v) is 30.5. The summed E-state index contributed by atoms with van der Waals surface area (Å²) in [7, 11) is 0. The van der Waals surface area contributed by atoms with Crippen LogP contribution in [-0.4, -0.2) is 55.2 Å². The molecule has 3 rings (SSSR count). The Morgan fingerprint density at radius 3 is 1.72 bits per heavy atom. The summed E-state index contributed by atoms with van der Waals surface area (Å²) in [6.45, 7) is 15.5. The van der Waals surface area contributed by atoms with Gasteiger partial charge in [-0.1, -0.05) is 75.9 Å². The molecule has 0 radical (unpaired) electrons. The molecule has 7 nitrogen and oxygen atoms in total. The number of ether oxygens (including phenoxy) is 3. The highest BCUT2D eigenvalue weighted by Crippen LogP contribution is 2.36. The summed E-state index contributed by atoms with van der Waals surface area (Å²) in [6, 6.07) is 19.8. The van der Waals surface area contributed by atoms with E-state index in [4.69, 9.17) is 14.2 Å². The smallest absolute Gasteiger partial charge is 0.333 e. The number of benzene rings is 3. The van der Waals surface area contributed by atoms with Gasteiger partial charge in [-0.2, -0.15) is 0 Å². The molecule has 3 aromatic carbocycles. The van der Waals surface area contributed by atoms with E-state index in [2.05, 4.69) is 81.6 Å². The second-order valence-corrected chi connectivity index (χ2v) is 13.1. The van der Waals surface area contributed by atoms with Crippen LogP contribution in [0.1, 0.15) is 82.1 Å². The molecule has 0 aliphatic rings. The highest BCUT2D eigenvalue weighted by molar-refractivity contribution is 5.87. The number of carbonyl (C=O) groups is 2. The molecule has 0 aromatic heterocycles. The van der Waals surface area contributed by atoms with Crippen LogP contribution in [0.5, 0.6) is 5.75 Å². The molecule has 0 saturated heterocycles. The second kappa shape index (κ2) is 21.1. The number of aryl methyl sites for hydroxylation is 4. The van der Waals surface area contributed by atoms with Crippen molar-refractivity contribution in [2.24, 2.45) is 5.92 Å². The molecule has 270 valence electrons. The molecular formula is C43H56O7. The Balaban J connectivity index is 2.02. The molecule has 0 atom stereocenters. The van der Waals surface area contributed by atoms with Crippen molar-refractivity contribution in [2.75, 3.05) is 33.0 Å². The van der Waals surface area contributed by atoms with Crippen molar-refractivity contribution >= 4 is 11.9 Å². The van der Waals surface area contributed by atoms with E-state index in [0.717, 1.165) is 40.8 Å². The summed E-state index contributed by atoms with van der Waals surface area (Å²) in [6.07, 6.45) is 7.15. The van der Waals surface area contributed by atoms with Crippen LogP contribution in [0.15, 0.2) is 78.9 Å². The molecule has 50 heavy (non-hydrogen) atoms. The van der Waals surface area contributed by atoms with Gasteiger partial charge in [0.15, 0.2) is 0 Å². The maximum absolute atomic E-state index is 12.0. The van der Waals surface area contributed by atoms with E-state index in [9.17, 15) is 19.8 Å². The molecule has 0 spiro atoms. The number of aliphatic hydroxyl groups excluding tert-OH is 2. The van der Waals surface area contributed by atoms with Crippen molar-refractivity contribution in [2.45, 2.75) is 85.5 Å². The highest BCUT2D eigenvalue weighted by Gasteiger charge is 2.18. The number of hydrogen-bond donors (Lipinski definition) is 2. The number of rotatable bonds is 22. The lowest BCUT2D eigenvalue weighted by Crippen LogP contribution is -2.16. The first-order valence-electron chi connectivity index (χ1n) is 18.0. The van der Waals surface area contributed by atoms with Crippen LogP contribution in [0.2, 0.25) is 0 Å². The second-order valence-electron chi connectivity index (χ2n) is 13.1. The third-order valence-corrected chi connectivity index (χ3v) is 8.78. The van der Waals surface area contributed by atoms with Crippen molar-refractivity contribution in [3.05, 3.63) is 101 Å². The summed E-state index contributed by atoms with van der Waals surface area (Å²) in [4.78, 5) is 24.1. The first-order valence-corrected chi connectivity index (χ1v) is 18.0. The van der Waals surface area contributed by atoms with Crippen LogP contribution < -0.4 is 4.74 Å². The van der Waals surface area contributed by atoms with E-state index >= 15 is 0 Å². The lowest BCUT2D eigenvalue weighted by molar-refractivity contribution is -0.139. The van der Waals surface area contributed by atoms with Crippen LogP contribution in [-0.2, 0) is 44.7 Å². The monoisotopic (exact) mass is 684 g/mol. The van der Waals surface area contributed by atoms with Crippen LogP contribution in [0, 0.1) is 5.92 Å². The lowest BCUT2D eigenvalue weighted by Gasteiger charge is -2.21. The van der Waals surface area contributed by atoms with Crippen molar-refractivity contribution in [3.63, 3.8) is 0 Å². The average molecular weight is 685 g/mol. The van der Waals surface area contributed by atoms with Crippen LogP contribution in [0.3, 0.4) is 0 Å². The first-order chi connectivity index (χ1) is 24.1. The van der Waals surface area contributed by atoms with E-state index in [1.54, 1.807) is 13.8 Å². The predicted octanol–water partition coefficient (Wildman–Crippen LogP) is 8.40. The van der Waals surface area contributed by atoms with Gasteiger partial charge in [0.2, 0.25) is 0 Å². The third kappa shape index (κ3) is 12.3. The van der Waals surface area contributed by atoms with Gasteiger partial charge >= 0.3 is 11.9 Å². The Hall–Kier alpha value is -4.20. The van der Waals surface area contributed by atoms with Gasteiger partial charge < -0.3 is 24.4 Å². The molecule has 0 aliphatic carbocycles. The number of aliphatic hydroxyl groups is 2. The van der Waals surface area contributed by atoms with Gasteiger partial charge in [-0.3, -0.25) is 0 Å². The minimum atomic E-state index is -0.414. The number of unbranched alkanes of at least 4 members (excludes halogenated alkanes) is 1. The summed E-state index contributed by atoms with van der Waals surface area (Å²) < 4.78 is 17.2. The van der Waals surface area contributed by atoms with E-state index < -0.39 is 11.9 Å². The molecule has 0 fully saturated rings. The average Bonchev–Trinajstić information content (AvgIpc) is 3.12. The maximum Gasteiger partial charge on any atom is 0.333 e. The van der Waals surface area contributed by atoms with Gasteiger partial charge in [0, 0.05) is 30.3 Å². The minimum Gasteiger partial charge on any atom is -0.493 e. The summed E-state index contributed by atoms with van der Waals surface area (Å²) >= 11 is 0. The topological polar surface area (TPSA) is 102 Å². The Morgan fingerprint density at radius 2 is 1.22 bits per heavy atom. The van der Waals surface area contributed by atoms with Gasteiger partial charge in [0.05, 0.1) is 19.8 Å². The SMILES string of the molecule is C=C(C)C(=O)OCCCc1cc(-c2ccc(-c3ccc(CCCC)cc3)cc2CC)cc(CCCOC(=O)C(=C)C)c1OCCC(CO)CO. The Labute approximate surface area is 299 Å². The van der Waals surface area contributed by atoms with Crippen molar-refractivity contribution < 1.29 is 34.0 Å². The minimum absolute atomic E-state index is 0.126. The molecule has 7 heteroatoms. The lowest BCUT2D eigenvalue weighted by atomic mass is 9.89. The van der Waals surface area contributed by atoms with Gasteiger partial charge in [0.1, 0.15) is 5.75 Å². The normalized spacial score (nSPS) is 11.0. The molecule has 2 N–H and O–H groups in total. The van der Waals surface area contributed by atoms with E-state index in [0.29, 0.717) is 49.9 Å². The zero-order valence-electron chi connectivity index (χ0n) is 30.5. The highest BCUT2D eigenvalue weighted by atomic mass is 16.5. The molecular weight excluding hydrogens is 628 g/mol. The molecule has 0 saturated carbocycles. The van der Waals surface area contributed by atoms with Gasteiger partial charge in [-0.25, -0.2) is 9.59 Å². The predicted molar refractivity (Wildman–Crippen MR) is 201 cm³/mol. The number of hydrogen-bond acceptors (Lipinski definition) is 7. The van der Waals surface area contributed by atoms with E-state index in [1.165, 1.54) is 35.1 Å². The van der Waals surface area contributed by atoms with Gasteiger partial charge in [-0.15, -0.1) is 0 Å². The Morgan fingerprint density at radius 1 is 0.680 bits per heavy atom. The van der Waals surface area contributed by atoms with Crippen LogP contribution in [0.25, 0.3) is 22.3 Å². The fourth-order valence-corrected chi connectivity index (χ4v) is 5.73. The van der Waals surface area contributed by atoms with Crippen LogP contribution in [0.4, 0.5) is 0 Å². The molecule has 3 aromatic rings. The van der Waals surface area contributed by atoms with Crippen molar-refractivity contribution in [1.82, 2.24) is 0 Å². The molecule has 0 aliphatic heterocycles. The number of carbonyl (C=O) groups excluding carboxylic acids is 2. The van der Waals surface area contributed by atoms with Crippen molar-refractivity contribution in [1.29, 1.82) is 0 Å². The Bertz CT molecular complexity index is 1510. The molecule has 0 bridgehead atoms. The number of esters is 2. The third-order valence-electron chi connectivity index (χ3n) is 8.78. The maximum atomic E-state index is 12.0. The van der Waals surface area contributed by atoms with E-state index in [1.807, 2.05) is 0 Å². The quantitative estimate of drug-likeness (QED) is 0.0623. The van der Waals surface area contributed by atoms with E-state index in [-0.39, 0.29) is 32.3 Å². The van der Waals surface area contributed by atoms with Gasteiger partial charge in [0.25, 0.3) is 0 Å².